The predicted molar refractivity (Wildman–Crippen MR) is 101 cm³/mol. The molecule has 24 heavy (non-hydrogen) atoms. The zero-order valence-electron chi connectivity index (χ0n) is 14.4. The van der Waals surface area contributed by atoms with E-state index in [0.29, 0.717) is 29.6 Å². The van der Waals surface area contributed by atoms with E-state index < -0.39 is 11.0 Å². The van der Waals surface area contributed by atoms with Crippen LogP contribution in [-0.2, 0) is 16.1 Å². The highest BCUT2D eigenvalue weighted by Gasteiger charge is 2.63. The van der Waals surface area contributed by atoms with Gasteiger partial charge in [0.05, 0.1) is 16.1 Å². The number of rotatable bonds is 5. The van der Waals surface area contributed by atoms with Crippen LogP contribution in [0.25, 0.3) is 0 Å². The number of amides is 1. The van der Waals surface area contributed by atoms with Gasteiger partial charge in [-0.1, -0.05) is 49.2 Å². The van der Waals surface area contributed by atoms with E-state index in [1.807, 2.05) is 32.9 Å². The molecule has 2 N–H and O–H groups in total. The fraction of sp³-hybridized carbons (Fsp3) is 0.588. The van der Waals surface area contributed by atoms with Crippen LogP contribution in [0.4, 0.5) is 0 Å². The van der Waals surface area contributed by atoms with E-state index in [1.165, 1.54) is 0 Å². The number of nitrogens with two attached hydrogens (primary N) is 1. The summed E-state index contributed by atoms with van der Waals surface area (Å²) in [7, 11) is 1.73. The number of ether oxygens (including phenoxy) is 1. The van der Waals surface area contributed by atoms with Gasteiger partial charge in [0.15, 0.2) is 0 Å². The van der Waals surface area contributed by atoms with Gasteiger partial charge in [-0.3, -0.25) is 4.79 Å². The fourth-order valence-corrected chi connectivity index (χ4v) is 3.52. The van der Waals surface area contributed by atoms with Crippen LogP contribution in [0.2, 0.25) is 10.0 Å². The van der Waals surface area contributed by atoms with Crippen molar-refractivity contribution in [3.05, 3.63) is 33.8 Å². The highest BCUT2D eigenvalue weighted by molar-refractivity contribution is 6.42. The maximum Gasteiger partial charge on any atom is 0.243 e. The van der Waals surface area contributed by atoms with Crippen LogP contribution in [-0.4, -0.2) is 36.1 Å². The van der Waals surface area contributed by atoms with Crippen LogP contribution < -0.4 is 5.73 Å². The zero-order chi connectivity index (χ0) is 17.4. The molecular formula is C17H25Cl3N2O2. The van der Waals surface area contributed by atoms with Gasteiger partial charge >= 0.3 is 0 Å². The first-order chi connectivity index (χ1) is 10.6. The molecule has 0 radical (unpaired) electrons. The molecule has 1 aliphatic carbocycles. The lowest BCUT2D eigenvalue weighted by atomic mass is 9.54. The Morgan fingerprint density at radius 1 is 1.42 bits per heavy atom. The fourth-order valence-electron chi connectivity index (χ4n) is 3.14. The van der Waals surface area contributed by atoms with E-state index in [1.54, 1.807) is 18.0 Å². The molecular weight excluding hydrogens is 371 g/mol. The maximum absolute atomic E-state index is 12.9. The van der Waals surface area contributed by atoms with E-state index in [9.17, 15) is 4.79 Å². The van der Waals surface area contributed by atoms with Gasteiger partial charge in [-0.05, 0) is 18.6 Å². The number of carbonyl (C=O) groups is 1. The van der Waals surface area contributed by atoms with Crippen LogP contribution >= 0.6 is 35.6 Å². The molecule has 1 aromatic rings. The predicted octanol–water partition coefficient (Wildman–Crippen LogP) is 3.91. The smallest absolute Gasteiger partial charge is 0.243 e. The maximum atomic E-state index is 12.9. The molecule has 0 heterocycles. The van der Waals surface area contributed by atoms with Crippen molar-refractivity contribution in [1.29, 1.82) is 0 Å². The lowest BCUT2D eigenvalue weighted by molar-refractivity contribution is -0.178. The molecule has 2 unspecified atom stereocenters. The molecule has 2 rings (SSSR count). The SMILES string of the molecule is CCOC1CC(N)(C(=O)N(C)Cc2cccc(Cl)c2Cl)C1(C)C.Cl. The summed E-state index contributed by atoms with van der Waals surface area (Å²) >= 11 is 12.2. The molecule has 1 amide bonds. The Morgan fingerprint density at radius 3 is 2.58 bits per heavy atom. The minimum absolute atomic E-state index is 0. The standard InChI is InChI=1S/C17H24Cl2N2O2.ClH/c1-5-23-13-9-17(20,16(13,2)3)15(22)21(4)10-11-7-6-8-12(18)14(11)19;/h6-8,13H,5,9-10,20H2,1-4H3;1H. The van der Waals surface area contributed by atoms with Gasteiger partial charge < -0.3 is 15.4 Å². The quantitative estimate of drug-likeness (QED) is 0.822. The first-order valence-electron chi connectivity index (χ1n) is 7.74. The van der Waals surface area contributed by atoms with E-state index in [0.717, 1.165) is 5.56 Å². The van der Waals surface area contributed by atoms with E-state index in [-0.39, 0.29) is 24.4 Å². The van der Waals surface area contributed by atoms with Crippen LogP contribution in [0.5, 0.6) is 0 Å². The molecule has 1 saturated carbocycles. The third-order valence-corrected chi connectivity index (χ3v) is 5.86. The van der Waals surface area contributed by atoms with Crippen molar-refractivity contribution in [3.8, 4) is 0 Å². The molecule has 2 atom stereocenters. The molecule has 1 aliphatic rings. The highest BCUT2D eigenvalue weighted by Crippen LogP contribution is 2.50. The van der Waals surface area contributed by atoms with E-state index in [4.69, 9.17) is 33.7 Å². The van der Waals surface area contributed by atoms with Crippen LogP contribution in [0.3, 0.4) is 0 Å². The van der Waals surface area contributed by atoms with Crippen LogP contribution in [0, 0.1) is 5.41 Å². The first-order valence-corrected chi connectivity index (χ1v) is 8.49. The van der Waals surface area contributed by atoms with Gasteiger partial charge in [-0.2, -0.15) is 0 Å². The van der Waals surface area contributed by atoms with Crippen molar-refractivity contribution in [2.24, 2.45) is 11.1 Å². The number of carbonyl (C=O) groups excluding carboxylic acids is 1. The summed E-state index contributed by atoms with van der Waals surface area (Å²) in [5.74, 6) is -0.102. The minimum Gasteiger partial charge on any atom is -0.378 e. The summed E-state index contributed by atoms with van der Waals surface area (Å²) in [6.07, 6.45) is 0.532. The Morgan fingerprint density at radius 2 is 2.04 bits per heavy atom. The molecule has 0 spiro atoms. The van der Waals surface area contributed by atoms with Crippen LogP contribution in [0.1, 0.15) is 32.8 Å². The van der Waals surface area contributed by atoms with Gasteiger partial charge in [0.25, 0.3) is 0 Å². The Labute approximate surface area is 160 Å². The van der Waals surface area contributed by atoms with Crippen molar-refractivity contribution in [2.75, 3.05) is 13.7 Å². The Hall–Kier alpha value is -0.520. The van der Waals surface area contributed by atoms with Gasteiger partial charge in [-0.15, -0.1) is 12.4 Å². The second kappa shape index (κ2) is 7.79. The summed E-state index contributed by atoms with van der Waals surface area (Å²) in [6.45, 7) is 6.89. The van der Waals surface area contributed by atoms with Crippen molar-refractivity contribution in [3.63, 3.8) is 0 Å². The van der Waals surface area contributed by atoms with E-state index in [2.05, 4.69) is 0 Å². The third kappa shape index (κ3) is 3.54. The highest BCUT2D eigenvalue weighted by atomic mass is 35.5. The largest absolute Gasteiger partial charge is 0.378 e. The Kier molecular flexibility index (Phi) is 6.99. The molecule has 0 saturated heterocycles. The van der Waals surface area contributed by atoms with Gasteiger partial charge in [0, 0.05) is 32.0 Å². The van der Waals surface area contributed by atoms with Crippen molar-refractivity contribution in [2.45, 2.75) is 45.4 Å². The third-order valence-electron chi connectivity index (χ3n) is 5.00. The average Bonchev–Trinajstić information content (AvgIpc) is 2.50. The molecule has 0 aliphatic heterocycles. The number of halogens is 3. The lowest BCUT2D eigenvalue weighted by Gasteiger charge is -2.58. The summed E-state index contributed by atoms with van der Waals surface area (Å²) in [4.78, 5) is 14.5. The molecule has 4 nitrogen and oxygen atoms in total. The second-order valence-electron chi connectivity index (χ2n) is 6.72. The van der Waals surface area contributed by atoms with E-state index >= 15 is 0 Å². The van der Waals surface area contributed by atoms with Gasteiger partial charge in [0.2, 0.25) is 5.91 Å². The van der Waals surface area contributed by atoms with Crippen molar-refractivity contribution >= 4 is 41.5 Å². The van der Waals surface area contributed by atoms with Crippen molar-refractivity contribution in [1.82, 2.24) is 4.90 Å². The monoisotopic (exact) mass is 394 g/mol. The molecule has 1 aromatic carbocycles. The topological polar surface area (TPSA) is 55.6 Å². The zero-order valence-corrected chi connectivity index (χ0v) is 16.8. The summed E-state index contributed by atoms with van der Waals surface area (Å²) in [5, 5.41) is 0.952. The number of nitrogens with zero attached hydrogens (tertiary/aromatic N) is 1. The molecule has 1 fully saturated rings. The average molecular weight is 396 g/mol. The van der Waals surface area contributed by atoms with Crippen molar-refractivity contribution < 1.29 is 9.53 Å². The number of likely N-dealkylation sites (N-methyl/N-ethyl adjacent to an activating group) is 1. The first kappa shape index (κ1) is 21.5. The molecule has 0 aromatic heterocycles. The Balaban J connectivity index is 0.00000288. The summed E-state index contributed by atoms with van der Waals surface area (Å²) in [6, 6.07) is 5.40. The molecule has 0 bridgehead atoms. The lowest BCUT2D eigenvalue weighted by Crippen LogP contribution is -2.75. The normalized spacial score (nSPS) is 24.7. The number of hydrogen-bond donors (Lipinski definition) is 1. The minimum atomic E-state index is -0.924. The van der Waals surface area contributed by atoms with Gasteiger partial charge in [-0.25, -0.2) is 0 Å². The second-order valence-corrected chi connectivity index (χ2v) is 7.50. The number of hydrogen-bond acceptors (Lipinski definition) is 3. The molecule has 7 heteroatoms. The molecule has 136 valence electrons. The van der Waals surface area contributed by atoms with Crippen LogP contribution in [0.15, 0.2) is 18.2 Å². The Bertz CT molecular complexity index is 609. The summed E-state index contributed by atoms with van der Waals surface area (Å²) < 4.78 is 5.68. The van der Waals surface area contributed by atoms with Gasteiger partial charge in [0.1, 0.15) is 5.54 Å². The number of benzene rings is 1. The summed E-state index contributed by atoms with van der Waals surface area (Å²) in [5.41, 5.74) is 5.91.